The molecule has 1 aliphatic rings. The first kappa shape index (κ1) is 20.7. The normalized spacial score (nSPS) is 16.7. The highest BCUT2D eigenvalue weighted by Gasteiger charge is 2.36. The van der Waals surface area contributed by atoms with Gasteiger partial charge in [0.2, 0.25) is 0 Å². The van der Waals surface area contributed by atoms with E-state index in [1.807, 2.05) is 31.2 Å². The maximum absolute atomic E-state index is 12.9. The van der Waals surface area contributed by atoms with Gasteiger partial charge in [0, 0.05) is 16.9 Å². The summed E-state index contributed by atoms with van der Waals surface area (Å²) in [6.45, 7) is 0.709. The predicted octanol–water partition coefficient (Wildman–Crippen LogP) is 4.48. The molecular weight excluding hydrogens is 398 g/mol. The number of benzene rings is 2. The Bertz CT molecular complexity index is 961. The summed E-state index contributed by atoms with van der Waals surface area (Å²) < 4.78 is 35.4. The van der Waals surface area contributed by atoms with Crippen molar-refractivity contribution in [3.8, 4) is 5.75 Å². The van der Waals surface area contributed by atoms with E-state index in [2.05, 4.69) is 10.1 Å². The summed E-state index contributed by atoms with van der Waals surface area (Å²) in [6, 6.07) is 13.1. The van der Waals surface area contributed by atoms with Crippen LogP contribution in [0.3, 0.4) is 0 Å². The van der Waals surface area contributed by atoms with Gasteiger partial charge in [-0.15, -0.1) is 0 Å². The van der Waals surface area contributed by atoms with Crippen molar-refractivity contribution >= 4 is 29.0 Å². The summed E-state index contributed by atoms with van der Waals surface area (Å²) in [6.07, 6.45) is 0. The van der Waals surface area contributed by atoms with Gasteiger partial charge >= 0.3 is 12.6 Å². The molecule has 29 heavy (non-hydrogen) atoms. The Labute approximate surface area is 172 Å². The number of hydrogen-bond acceptors (Lipinski definition) is 4. The fourth-order valence-corrected chi connectivity index (χ4v) is 3.64. The van der Waals surface area contributed by atoms with Gasteiger partial charge < -0.3 is 14.8 Å². The molecule has 152 valence electrons. The van der Waals surface area contributed by atoms with Crippen molar-refractivity contribution in [3.05, 3.63) is 70.9 Å². The van der Waals surface area contributed by atoms with Crippen molar-refractivity contribution in [1.29, 1.82) is 0 Å². The number of aryl methyl sites for hydroxylation is 1. The smallest absolute Gasteiger partial charge is 0.387 e. The van der Waals surface area contributed by atoms with Gasteiger partial charge in [-0.2, -0.15) is 8.78 Å². The van der Waals surface area contributed by atoms with Crippen molar-refractivity contribution in [2.45, 2.75) is 26.5 Å². The monoisotopic (exact) mass is 418 g/mol. The highest BCUT2D eigenvalue weighted by Crippen LogP contribution is 2.38. The third-order valence-electron chi connectivity index (χ3n) is 4.63. The number of hydrogen-bond donors (Lipinski definition) is 1. The molecule has 0 unspecified atom stereocenters. The molecule has 0 fully saturated rings. The van der Waals surface area contributed by atoms with Crippen molar-refractivity contribution < 1.29 is 23.0 Å². The average Bonchev–Trinajstić information content (AvgIpc) is 2.68. The van der Waals surface area contributed by atoms with Crippen LogP contribution in [0.15, 0.2) is 59.8 Å². The first-order chi connectivity index (χ1) is 13.8. The average molecular weight is 418 g/mol. The summed E-state index contributed by atoms with van der Waals surface area (Å²) in [4.78, 5) is 14.4. The van der Waals surface area contributed by atoms with Crippen molar-refractivity contribution in [2.75, 3.05) is 12.0 Å². The number of carbonyl (C=O) groups excluding carboxylic acids is 1. The number of allylic oxidation sites excluding steroid dienone is 1. The number of thiocarbonyl (C=S) groups is 1. The van der Waals surface area contributed by atoms with E-state index in [1.165, 1.54) is 13.2 Å². The Morgan fingerprint density at radius 3 is 2.41 bits per heavy atom. The van der Waals surface area contributed by atoms with E-state index in [0.717, 1.165) is 11.3 Å². The highest BCUT2D eigenvalue weighted by molar-refractivity contribution is 7.80. The lowest BCUT2D eigenvalue weighted by Crippen LogP contribution is -2.48. The molecule has 0 saturated heterocycles. The van der Waals surface area contributed by atoms with E-state index < -0.39 is 18.6 Å². The number of halogens is 2. The number of carbonyl (C=O) groups is 1. The Morgan fingerprint density at radius 1 is 1.14 bits per heavy atom. The van der Waals surface area contributed by atoms with Gasteiger partial charge in [-0.25, -0.2) is 4.79 Å². The van der Waals surface area contributed by atoms with Gasteiger partial charge in [-0.3, -0.25) is 4.90 Å². The van der Waals surface area contributed by atoms with Crippen molar-refractivity contribution in [1.82, 2.24) is 5.32 Å². The molecule has 0 aromatic heterocycles. The molecular formula is C21H20F2N2O3S. The number of nitrogens with zero attached hydrogens (tertiary/aromatic N) is 1. The van der Waals surface area contributed by atoms with Crippen LogP contribution in [0.1, 0.15) is 24.1 Å². The third kappa shape index (κ3) is 4.22. The molecule has 2 aromatic rings. The fraction of sp³-hybridized carbons (Fsp3) is 0.238. The van der Waals surface area contributed by atoms with Gasteiger partial charge in [0.15, 0.2) is 5.11 Å². The lowest BCUT2D eigenvalue weighted by Gasteiger charge is -2.37. The quantitative estimate of drug-likeness (QED) is 0.571. The number of esters is 1. The van der Waals surface area contributed by atoms with E-state index >= 15 is 0 Å². The number of ether oxygens (including phenoxy) is 2. The van der Waals surface area contributed by atoms with E-state index in [4.69, 9.17) is 17.0 Å². The molecule has 0 amide bonds. The number of nitrogens with one attached hydrogen (secondary N) is 1. The van der Waals surface area contributed by atoms with Crippen LogP contribution in [0.5, 0.6) is 5.75 Å². The fourth-order valence-electron chi connectivity index (χ4n) is 3.28. The number of anilines is 1. The van der Waals surface area contributed by atoms with Crippen LogP contribution >= 0.6 is 12.2 Å². The molecule has 0 spiro atoms. The van der Waals surface area contributed by atoms with E-state index in [-0.39, 0.29) is 11.3 Å². The van der Waals surface area contributed by atoms with Crippen LogP contribution < -0.4 is 15.0 Å². The molecule has 1 aliphatic heterocycles. The van der Waals surface area contributed by atoms with Crippen LogP contribution in [0, 0.1) is 6.92 Å². The molecule has 2 aromatic carbocycles. The zero-order valence-electron chi connectivity index (χ0n) is 16.1. The topological polar surface area (TPSA) is 50.8 Å². The first-order valence-corrected chi connectivity index (χ1v) is 9.24. The van der Waals surface area contributed by atoms with Crippen LogP contribution in [-0.4, -0.2) is 24.8 Å². The lowest BCUT2D eigenvalue weighted by atomic mass is 9.94. The molecule has 1 heterocycles. The molecule has 3 rings (SSSR count). The Morgan fingerprint density at radius 2 is 1.79 bits per heavy atom. The second-order valence-corrected chi connectivity index (χ2v) is 6.85. The van der Waals surface area contributed by atoms with Crippen molar-refractivity contribution in [2.24, 2.45) is 0 Å². The summed E-state index contributed by atoms with van der Waals surface area (Å²) in [5, 5.41) is 3.41. The zero-order valence-corrected chi connectivity index (χ0v) is 16.9. The van der Waals surface area contributed by atoms with E-state index in [9.17, 15) is 13.6 Å². The molecule has 0 bridgehead atoms. The number of para-hydroxylation sites is 1. The maximum Gasteiger partial charge on any atom is 0.387 e. The molecule has 0 radical (unpaired) electrons. The van der Waals surface area contributed by atoms with Gasteiger partial charge in [0.05, 0.1) is 18.7 Å². The molecule has 5 nitrogen and oxygen atoms in total. The Hall–Kier alpha value is -3.00. The summed E-state index contributed by atoms with van der Waals surface area (Å²) in [7, 11) is 1.27. The lowest BCUT2D eigenvalue weighted by molar-refractivity contribution is -0.136. The zero-order chi connectivity index (χ0) is 21.1. The van der Waals surface area contributed by atoms with Crippen LogP contribution in [-0.2, 0) is 9.53 Å². The summed E-state index contributed by atoms with van der Waals surface area (Å²) in [5.74, 6) is -0.632. The SMILES string of the molecule is COC(=O)C1=C(C)N(c2ccc(C)cc2)C(=S)N[C@H]1c1ccccc1OC(F)F. The highest BCUT2D eigenvalue weighted by atomic mass is 32.1. The third-order valence-corrected chi connectivity index (χ3v) is 4.93. The second kappa shape index (κ2) is 8.57. The van der Waals surface area contributed by atoms with Crippen LogP contribution in [0.2, 0.25) is 0 Å². The van der Waals surface area contributed by atoms with E-state index in [1.54, 1.807) is 30.0 Å². The molecule has 1 N–H and O–H groups in total. The molecule has 8 heteroatoms. The maximum atomic E-state index is 12.9. The minimum Gasteiger partial charge on any atom is -0.466 e. The minimum absolute atomic E-state index is 0.0409. The first-order valence-electron chi connectivity index (χ1n) is 8.83. The molecule has 0 aliphatic carbocycles. The standard InChI is InChI=1S/C21H20F2N2O3S/c1-12-8-10-14(11-9-12)25-13(2)17(19(26)27-3)18(24-21(25)29)15-6-4-5-7-16(15)28-20(22)23/h4-11,18,20H,1-3H3,(H,24,29)/t18-/m0/s1. The number of methoxy groups -OCH3 is 1. The van der Waals surface area contributed by atoms with Crippen LogP contribution in [0.4, 0.5) is 14.5 Å². The predicted molar refractivity (Wildman–Crippen MR) is 110 cm³/mol. The van der Waals surface area contributed by atoms with E-state index in [0.29, 0.717) is 16.4 Å². The Kier molecular flexibility index (Phi) is 6.12. The summed E-state index contributed by atoms with van der Waals surface area (Å²) in [5.41, 5.74) is 3.00. The number of rotatable bonds is 5. The van der Waals surface area contributed by atoms with Gasteiger partial charge in [0.1, 0.15) is 5.75 Å². The second-order valence-electron chi connectivity index (χ2n) is 6.46. The van der Waals surface area contributed by atoms with Crippen molar-refractivity contribution in [3.63, 3.8) is 0 Å². The van der Waals surface area contributed by atoms with Gasteiger partial charge in [0.25, 0.3) is 0 Å². The van der Waals surface area contributed by atoms with Gasteiger partial charge in [-0.05, 0) is 44.3 Å². The summed E-state index contributed by atoms with van der Waals surface area (Å²) >= 11 is 5.54. The minimum atomic E-state index is -3.00. The molecule has 1 atom stereocenters. The van der Waals surface area contributed by atoms with Gasteiger partial charge in [-0.1, -0.05) is 35.9 Å². The largest absolute Gasteiger partial charge is 0.466 e. The van der Waals surface area contributed by atoms with Crippen LogP contribution in [0.25, 0.3) is 0 Å². The Balaban J connectivity index is 2.14. The molecule has 0 saturated carbocycles. The number of alkyl halides is 2.